The number of aryl methyl sites for hydroxylation is 2. The van der Waals surface area contributed by atoms with E-state index in [2.05, 4.69) is 61.7 Å². The van der Waals surface area contributed by atoms with Crippen LogP contribution in [0.2, 0.25) is 0 Å². The Morgan fingerprint density at radius 1 is 0.949 bits per heavy atom. The van der Waals surface area contributed by atoms with Gasteiger partial charge in [-0.05, 0) is 48.6 Å². The van der Waals surface area contributed by atoms with Crippen LogP contribution in [-0.2, 0) is 24.9 Å². The van der Waals surface area contributed by atoms with Crippen molar-refractivity contribution in [2.75, 3.05) is 0 Å². The minimum atomic E-state index is -0.337. The van der Waals surface area contributed by atoms with E-state index in [1.165, 1.54) is 27.1 Å². The number of carbonyl (C=O) groups excluding carboxylic acids is 1. The summed E-state index contributed by atoms with van der Waals surface area (Å²) in [5.74, 6) is 0.286. The second-order valence-electron chi connectivity index (χ2n) is 10.8. The Balaban J connectivity index is 0.000000275. The number of para-hydroxylation sites is 1. The van der Waals surface area contributed by atoms with Crippen LogP contribution >= 0.6 is 11.3 Å². The summed E-state index contributed by atoms with van der Waals surface area (Å²) in [6, 6.07) is 18.3. The van der Waals surface area contributed by atoms with Gasteiger partial charge < -0.3 is 5.11 Å². The average Bonchev–Trinajstić information content (AvgIpc) is 3.41. The largest absolute Gasteiger partial charge is 0.512 e. The number of aromatic nitrogens is 1. The van der Waals surface area contributed by atoms with Crippen LogP contribution in [0.25, 0.3) is 32.2 Å². The molecule has 1 N–H and O–H groups in total. The normalized spacial score (nSPS) is 12.2. The number of carbonyl (C=O) groups is 1. The van der Waals surface area contributed by atoms with Gasteiger partial charge in [-0.1, -0.05) is 73.6 Å². The van der Waals surface area contributed by atoms with Crippen molar-refractivity contribution in [3.8, 4) is 11.3 Å². The van der Waals surface area contributed by atoms with Crippen molar-refractivity contribution < 1.29 is 30.0 Å². The summed E-state index contributed by atoms with van der Waals surface area (Å²) in [7, 11) is 0. The molecule has 0 amide bonds. The predicted octanol–water partition coefficient (Wildman–Crippen LogP) is 10.2. The molecule has 4 rings (SSSR count). The van der Waals surface area contributed by atoms with E-state index in [9.17, 15) is 9.90 Å². The standard InChI is InChI=1S/C19H14NS.C15H28O2.Ir/c1-12-9-13(2)11-14(10-12)18-19-16(7-8-21-19)15-5-3-4-6-17(15)20-18;1-7-14(5,8-2)12(16)11-13(17)15(6,9-3)10-4;/h3-10H,1-2H3;11,16H,7-10H2,1-6H3;/q-1;;/b;12-11-;. The van der Waals surface area contributed by atoms with Crippen molar-refractivity contribution in [1.82, 2.24) is 4.98 Å². The Bertz CT molecular complexity index is 1420. The zero-order chi connectivity index (χ0) is 28.1. The zero-order valence-corrected chi connectivity index (χ0v) is 27.8. The number of ketones is 1. The Morgan fingerprint density at radius 2 is 1.56 bits per heavy atom. The van der Waals surface area contributed by atoms with Crippen molar-refractivity contribution in [3.05, 3.63) is 76.9 Å². The van der Waals surface area contributed by atoms with Crippen LogP contribution in [-0.4, -0.2) is 15.9 Å². The smallest absolute Gasteiger partial charge is 0.164 e. The molecule has 0 aliphatic rings. The first kappa shape index (κ1) is 32.9. The Kier molecular flexibility index (Phi) is 11.7. The Morgan fingerprint density at radius 3 is 2.15 bits per heavy atom. The van der Waals surface area contributed by atoms with Gasteiger partial charge in [-0.15, -0.1) is 34.9 Å². The van der Waals surface area contributed by atoms with Gasteiger partial charge in [0.05, 0.1) is 5.52 Å². The van der Waals surface area contributed by atoms with Crippen molar-refractivity contribution in [2.45, 2.75) is 81.1 Å². The van der Waals surface area contributed by atoms with Gasteiger partial charge in [0.2, 0.25) is 0 Å². The maximum absolute atomic E-state index is 12.2. The predicted molar refractivity (Wildman–Crippen MR) is 164 cm³/mol. The van der Waals surface area contributed by atoms with Gasteiger partial charge in [-0.25, -0.2) is 0 Å². The average molecular weight is 721 g/mol. The van der Waals surface area contributed by atoms with Crippen molar-refractivity contribution in [2.24, 2.45) is 10.8 Å². The number of pyridine rings is 1. The summed E-state index contributed by atoms with van der Waals surface area (Å²) in [5, 5.41) is 14.8. The van der Waals surface area contributed by atoms with Crippen LogP contribution in [0.5, 0.6) is 0 Å². The fraction of sp³-hybridized carbons (Fsp3) is 0.412. The Hall–Kier alpha value is -2.33. The number of hydrogen-bond donors (Lipinski definition) is 1. The molecule has 0 bridgehead atoms. The summed E-state index contributed by atoms with van der Waals surface area (Å²) in [4.78, 5) is 17.1. The van der Waals surface area contributed by atoms with Gasteiger partial charge in [0.15, 0.2) is 5.78 Å². The molecular weight excluding hydrogens is 679 g/mol. The molecule has 0 unspecified atom stereocenters. The zero-order valence-electron chi connectivity index (χ0n) is 24.6. The van der Waals surface area contributed by atoms with Gasteiger partial charge in [0, 0.05) is 52.8 Å². The maximum atomic E-state index is 12.2. The van der Waals surface area contributed by atoms with Crippen molar-refractivity contribution in [3.63, 3.8) is 0 Å². The van der Waals surface area contributed by atoms with Crippen LogP contribution < -0.4 is 0 Å². The minimum absolute atomic E-state index is 0. The van der Waals surface area contributed by atoms with Gasteiger partial charge in [0.25, 0.3) is 0 Å². The molecule has 0 aliphatic carbocycles. The van der Waals surface area contributed by atoms with Crippen LogP contribution in [0.1, 0.15) is 78.4 Å². The second kappa shape index (κ2) is 13.8. The van der Waals surface area contributed by atoms with Gasteiger partial charge in [-0.2, -0.15) is 11.3 Å². The second-order valence-corrected chi connectivity index (χ2v) is 11.7. The number of aliphatic hydroxyl groups is 1. The monoisotopic (exact) mass is 721 g/mol. The molecule has 0 aliphatic heterocycles. The van der Waals surface area contributed by atoms with Crippen LogP contribution in [0.4, 0.5) is 0 Å². The number of benzene rings is 2. The molecule has 1 radical (unpaired) electrons. The molecule has 0 saturated carbocycles. The molecule has 4 aromatic rings. The molecule has 2 heterocycles. The molecule has 2 aromatic carbocycles. The molecule has 0 atom stereocenters. The van der Waals surface area contributed by atoms with Gasteiger partial charge >= 0.3 is 0 Å². The number of allylic oxidation sites excluding steroid dienone is 2. The summed E-state index contributed by atoms with van der Waals surface area (Å²) < 4.78 is 1.25. The quantitative estimate of drug-likeness (QED) is 0.112. The SMILES string of the molecule is CCC(C)(CC)C(=O)/C=C(\O)C(C)(CC)CC.Cc1[c-]c(-c2nc3ccccc3c3ccsc23)cc(C)c1.[Ir]. The first-order valence-electron chi connectivity index (χ1n) is 13.7. The fourth-order valence-electron chi connectivity index (χ4n) is 4.56. The van der Waals surface area contributed by atoms with E-state index < -0.39 is 0 Å². The molecular formula is C34H42IrNO2S-. The molecule has 0 spiro atoms. The third kappa shape index (κ3) is 7.25. The summed E-state index contributed by atoms with van der Waals surface area (Å²) in [6.45, 7) is 16.3. The van der Waals surface area contributed by atoms with E-state index in [0.29, 0.717) is 0 Å². The third-order valence-electron chi connectivity index (χ3n) is 8.31. The Labute approximate surface area is 252 Å². The number of aliphatic hydroxyl groups excluding tert-OH is 1. The molecule has 39 heavy (non-hydrogen) atoms. The summed E-state index contributed by atoms with van der Waals surface area (Å²) >= 11 is 1.75. The van der Waals surface area contributed by atoms with Crippen LogP contribution in [0.15, 0.2) is 59.7 Å². The number of thiophene rings is 1. The van der Waals surface area contributed by atoms with Crippen molar-refractivity contribution in [1.29, 1.82) is 0 Å². The molecule has 211 valence electrons. The number of nitrogens with zero attached hydrogens (tertiary/aromatic N) is 1. The van der Waals surface area contributed by atoms with E-state index in [1.54, 1.807) is 11.3 Å². The summed E-state index contributed by atoms with van der Waals surface area (Å²) in [6.07, 6.45) is 4.75. The van der Waals surface area contributed by atoms with Gasteiger partial charge in [0.1, 0.15) is 5.76 Å². The van der Waals surface area contributed by atoms with Crippen molar-refractivity contribution >= 4 is 38.1 Å². The van der Waals surface area contributed by atoms with E-state index in [0.717, 1.165) is 48.0 Å². The number of rotatable bonds is 8. The first-order valence-corrected chi connectivity index (χ1v) is 14.6. The molecule has 3 nitrogen and oxygen atoms in total. The number of hydrogen-bond acceptors (Lipinski definition) is 4. The van der Waals surface area contributed by atoms with E-state index in [4.69, 9.17) is 4.98 Å². The number of fused-ring (bicyclic) bond motifs is 3. The van der Waals surface area contributed by atoms with Crippen LogP contribution in [0, 0.1) is 30.7 Å². The summed E-state index contributed by atoms with van der Waals surface area (Å²) in [5.41, 5.74) is 4.99. The van der Waals surface area contributed by atoms with E-state index >= 15 is 0 Å². The first-order chi connectivity index (χ1) is 18.0. The van der Waals surface area contributed by atoms with Crippen LogP contribution in [0.3, 0.4) is 0 Å². The molecule has 0 fully saturated rings. The molecule has 5 heteroatoms. The molecule has 2 aromatic heterocycles. The third-order valence-corrected chi connectivity index (χ3v) is 9.23. The maximum Gasteiger partial charge on any atom is 0.164 e. The topological polar surface area (TPSA) is 50.2 Å². The fourth-order valence-corrected chi connectivity index (χ4v) is 5.48. The van der Waals surface area contributed by atoms with E-state index in [1.807, 2.05) is 47.6 Å². The van der Waals surface area contributed by atoms with E-state index in [-0.39, 0.29) is 42.5 Å². The molecule has 0 saturated heterocycles. The van der Waals surface area contributed by atoms with Gasteiger partial charge in [-0.3, -0.25) is 9.78 Å². The minimum Gasteiger partial charge on any atom is -0.512 e.